The van der Waals surface area contributed by atoms with Gasteiger partial charge in [0.1, 0.15) is 23.9 Å². The van der Waals surface area contributed by atoms with E-state index in [0.29, 0.717) is 36.8 Å². The van der Waals surface area contributed by atoms with E-state index in [0.717, 1.165) is 5.75 Å². The zero-order valence-corrected chi connectivity index (χ0v) is 15.0. The summed E-state index contributed by atoms with van der Waals surface area (Å²) in [4.78, 5) is 23.1. The summed E-state index contributed by atoms with van der Waals surface area (Å²) in [6.07, 6.45) is 0. The molecule has 0 aliphatic rings. The molecule has 0 saturated carbocycles. The van der Waals surface area contributed by atoms with E-state index in [9.17, 15) is 9.59 Å². The van der Waals surface area contributed by atoms with Gasteiger partial charge in [-0.1, -0.05) is 12.1 Å². The molecule has 0 unspecified atom stereocenters. The van der Waals surface area contributed by atoms with Crippen molar-refractivity contribution < 1.29 is 23.8 Å². The lowest BCUT2D eigenvalue weighted by Crippen LogP contribution is -2.32. The molecule has 0 radical (unpaired) electrons. The molecule has 0 bridgehead atoms. The fourth-order valence-electron chi connectivity index (χ4n) is 2.16. The Hall–Kier alpha value is -3.02. The maximum Gasteiger partial charge on any atom is 0.258 e. The molecular weight excluding hydrogens is 334 g/mol. The second kappa shape index (κ2) is 10.1. The Labute approximate surface area is 153 Å². The molecule has 26 heavy (non-hydrogen) atoms. The highest BCUT2D eigenvalue weighted by Gasteiger charge is 2.05. The summed E-state index contributed by atoms with van der Waals surface area (Å²) in [6, 6.07) is 14.0. The van der Waals surface area contributed by atoms with Crippen LogP contribution in [0.3, 0.4) is 0 Å². The molecule has 2 aromatic carbocycles. The molecule has 0 aliphatic carbocycles. The number of benzene rings is 2. The number of amides is 1. The van der Waals surface area contributed by atoms with Gasteiger partial charge in [0.25, 0.3) is 5.91 Å². The summed E-state index contributed by atoms with van der Waals surface area (Å²) in [5.74, 6) is 1.68. The van der Waals surface area contributed by atoms with Gasteiger partial charge in [0.05, 0.1) is 13.2 Å². The largest absolute Gasteiger partial charge is 0.494 e. The van der Waals surface area contributed by atoms with Gasteiger partial charge in [-0.25, -0.2) is 0 Å². The molecule has 0 heterocycles. The molecule has 138 valence electrons. The first-order chi connectivity index (χ1) is 12.6. The Morgan fingerprint density at radius 2 is 1.62 bits per heavy atom. The summed E-state index contributed by atoms with van der Waals surface area (Å²) < 4.78 is 16.3. The van der Waals surface area contributed by atoms with Crippen LogP contribution >= 0.6 is 0 Å². The fourth-order valence-corrected chi connectivity index (χ4v) is 2.16. The van der Waals surface area contributed by atoms with Crippen molar-refractivity contribution >= 4 is 11.7 Å². The molecule has 0 saturated heterocycles. The van der Waals surface area contributed by atoms with Crippen LogP contribution < -0.4 is 19.5 Å². The van der Waals surface area contributed by atoms with E-state index in [1.807, 2.05) is 31.2 Å². The highest BCUT2D eigenvalue weighted by molar-refractivity contribution is 5.94. The van der Waals surface area contributed by atoms with E-state index in [4.69, 9.17) is 14.2 Å². The third kappa shape index (κ3) is 6.47. The zero-order valence-electron chi connectivity index (χ0n) is 15.0. The molecule has 0 aromatic heterocycles. The van der Waals surface area contributed by atoms with Crippen LogP contribution in [0.4, 0.5) is 0 Å². The zero-order chi connectivity index (χ0) is 18.8. The van der Waals surface area contributed by atoms with Gasteiger partial charge in [-0.15, -0.1) is 0 Å². The first kappa shape index (κ1) is 19.3. The van der Waals surface area contributed by atoms with Crippen LogP contribution in [-0.4, -0.2) is 38.1 Å². The Balaban J connectivity index is 1.66. The average molecular weight is 357 g/mol. The van der Waals surface area contributed by atoms with E-state index in [2.05, 4.69) is 5.32 Å². The van der Waals surface area contributed by atoms with Crippen LogP contribution in [0.1, 0.15) is 24.2 Å². The van der Waals surface area contributed by atoms with E-state index in [1.54, 1.807) is 24.3 Å². The molecule has 2 rings (SSSR count). The molecule has 1 N–H and O–H groups in total. The number of rotatable bonds is 10. The SMILES string of the molecule is CCOc1ccc(OCCNC(=O)COc2cccc(C(C)=O)c2)cc1. The van der Waals surface area contributed by atoms with Gasteiger partial charge in [0, 0.05) is 5.56 Å². The van der Waals surface area contributed by atoms with E-state index >= 15 is 0 Å². The number of ether oxygens (including phenoxy) is 3. The highest BCUT2D eigenvalue weighted by atomic mass is 16.5. The van der Waals surface area contributed by atoms with Crippen molar-refractivity contribution in [2.45, 2.75) is 13.8 Å². The van der Waals surface area contributed by atoms with Crippen molar-refractivity contribution in [1.82, 2.24) is 5.32 Å². The summed E-state index contributed by atoms with van der Waals surface area (Å²) >= 11 is 0. The van der Waals surface area contributed by atoms with Crippen molar-refractivity contribution in [1.29, 1.82) is 0 Å². The molecule has 1 amide bonds. The monoisotopic (exact) mass is 357 g/mol. The number of carbonyl (C=O) groups excluding carboxylic acids is 2. The third-order valence-corrected chi connectivity index (χ3v) is 3.44. The topological polar surface area (TPSA) is 73.9 Å². The quantitative estimate of drug-likeness (QED) is 0.523. The maximum absolute atomic E-state index is 11.8. The predicted octanol–water partition coefficient (Wildman–Crippen LogP) is 2.86. The third-order valence-electron chi connectivity index (χ3n) is 3.44. The lowest BCUT2D eigenvalue weighted by atomic mass is 10.1. The van der Waals surface area contributed by atoms with E-state index in [-0.39, 0.29) is 18.3 Å². The first-order valence-corrected chi connectivity index (χ1v) is 8.44. The normalized spacial score (nSPS) is 10.1. The number of ketones is 1. The van der Waals surface area contributed by atoms with Gasteiger partial charge in [0.2, 0.25) is 0 Å². The fraction of sp³-hybridized carbons (Fsp3) is 0.300. The van der Waals surface area contributed by atoms with Gasteiger partial charge in [0.15, 0.2) is 12.4 Å². The Kier molecular flexibility index (Phi) is 7.49. The predicted molar refractivity (Wildman–Crippen MR) is 98.1 cm³/mol. The number of nitrogens with one attached hydrogen (secondary N) is 1. The van der Waals surface area contributed by atoms with Gasteiger partial charge in [-0.3, -0.25) is 9.59 Å². The van der Waals surface area contributed by atoms with Crippen molar-refractivity contribution in [3.8, 4) is 17.2 Å². The highest BCUT2D eigenvalue weighted by Crippen LogP contribution is 2.17. The summed E-state index contributed by atoms with van der Waals surface area (Å²) in [7, 11) is 0. The minimum atomic E-state index is -0.256. The number of hydrogen-bond acceptors (Lipinski definition) is 5. The van der Waals surface area contributed by atoms with Crippen LogP contribution in [0.15, 0.2) is 48.5 Å². The molecule has 6 nitrogen and oxygen atoms in total. The molecular formula is C20H23NO5. The smallest absolute Gasteiger partial charge is 0.258 e. The van der Waals surface area contributed by atoms with E-state index < -0.39 is 0 Å². The van der Waals surface area contributed by atoms with Crippen LogP contribution in [0.5, 0.6) is 17.2 Å². The Morgan fingerprint density at radius 3 is 2.27 bits per heavy atom. The van der Waals surface area contributed by atoms with E-state index in [1.165, 1.54) is 6.92 Å². The van der Waals surface area contributed by atoms with Crippen molar-refractivity contribution in [3.63, 3.8) is 0 Å². The van der Waals surface area contributed by atoms with Crippen molar-refractivity contribution in [2.75, 3.05) is 26.4 Å². The molecule has 0 fully saturated rings. The second-order valence-corrected chi connectivity index (χ2v) is 5.48. The Bertz CT molecular complexity index is 727. The molecule has 0 spiro atoms. The molecule has 0 aliphatic heterocycles. The maximum atomic E-state index is 11.8. The lowest BCUT2D eigenvalue weighted by molar-refractivity contribution is -0.123. The van der Waals surface area contributed by atoms with Crippen molar-refractivity contribution in [3.05, 3.63) is 54.1 Å². The number of hydrogen-bond donors (Lipinski definition) is 1. The van der Waals surface area contributed by atoms with Gasteiger partial charge < -0.3 is 19.5 Å². The van der Waals surface area contributed by atoms with Gasteiger partial charge >= 0.3 is 0 Å². The van der Waals surface area contributed by atoms with Crippen LogP contribution in [0.25, 0.3) is 0 Å². The van der Waals surface area contributed by atoms with Gasteiger partial charge in [-0.2, -0.15) is 0 Å². The standard InChI is InChI=1S/C20H23NO5/c1-3-24-17-7-9-18(10-8-17)25-12-11-21-20(23)14-26-19-6-4-5-16(13-19)15(2)22/h4-10,13H,3,11-12,14H2,1-2H3,(H,21,23). The summed E-state index contributed by atoms with van der Waals surface area (Å²) in [6.45, 7) is 4.62. The number of Topliss-reactive ketones (excluding diaryl/α,β-unsaturated/α-hetero) is 1. The average Bonchev–Trinajstić information content (AvgIpc) is 2.65. The Morgan fingerprint density at radius 1 is 0.923 bits per heavy atom. The lowest BCUT2D eigenvalue weighted by Gasteiger charge is -2.10. The molecule has 2 aromatic rings. The van der Waals surface area contributed by atoms with Crippen molar-refractivity contribution in [2.24, 2.45) is 0 Å². The number of carbonyl (C=O) groups is 2. The molecule has 6 heteroatoms. The molecule has 0 atom stereocenters. The summed E-state index contributed by atoms with van der Waals surface area (Å²) in [5.41, 5.74) is 0.548. The van der Waals surface area contributed by atoms with Crippen LogP contribution in [0, 0.1) is 0 Å². The first-order valence-electron chi connectivity index (χ1n) is 8.44. The van der Waals surface area contributed by atoms with Crippen LogP contribution in [-0.2, 0) is 4.79 Å². The minimum absolute atomic E-state index is 0.0497. The summed E-state index contributed by atoms with van der Waals surface area (Å²) in [5, 5.41) is 2.71. The second-order valence-electron chi connectivity index (χ2n) is 5.48. The minimum Gasteiger partial charge on any atom is -0.494 e. The van der Waals surface area contributed by atoms with Gasteiger partial charge in [-0.05, 0) is 50.2 Å². The van der Waals surface area contributed by atoms with Crippen LogP contribution in [0.2, 0.25) is 0 Å².